The van der Waals surface area contributed by atoms with Crippen LogP contribution in [0.5, 0.6) is 0 Å². The zero-order valence-corrected chi connectivity index (χ0v) is 30.4. The van der Waals surface area contributed by atoms with Gasteiger partial charge in [-0.25, -0.2) is 22.8 Å². The molecule has 2 aliphatic heterocycles. The first-order valence-corrected chi connectivity index (χ1v) is 18.2. The third-order valence-corrected chi connectivity index (χ3v) is 10.0. The number of benzene rings is 3. The third-order valence-electron chi connectivity index (χ3n) is 8.31. The van der Waals surface area contributed by atoms with Crippen LogP contribution in [-0.4, -0.2) is 73.8 Å². The molecule has 3 heterocycles. The van der Waals surface area contributed by atoms with Gasteiger partial charge in [0.2, 0.25) is 11.7 Å². The van der Waals surface area contributed by atoms with E-state index >= 15 is 4.39 Å². The number of amides is 3. The summed E-state index contributed by atoms with van der Waals surface area (Å²) in [5.41, 5.74) is 0.163. The molecule has 1 N–H and O–H groups in total. The van der Waals surface area contributed by atoms with E-state index in [1.165, 1.54) is 11.0 Å². The Hall–Kier alpha value is -4.96. The number of alkyl carbamates (subject to hydrolysis) is 1. The van der Waals surface area contributed by atoms with Crippen LogP contribution in [0.2, 0.25) is 5.02 Å². The van der Waals surface area contributed by atoms with Gasteiger partial charge in [-0.15, -0.1) is 0 Å². The summed E-state index contributed by atoms with van der Waals surface area (Å²) >= 11 is 6.07. The highest BCUT2D eigenvalue weighted by molar-refractivity contribution is 7.85. The smallest absolute Gasteiger partial charge is 0.410 e. The Morgan fingerprint density at radius 3 is 2.51 bits per heavy atom. The minimum absolute atomic E-state index is 0.0380. The van der Waals surface area contributed by atoms with Gasteiger partial charge in [0.05, 0.1) is 51.7 Å². The number of nitrogens with one attached hydrogen (secondary N) is 1. The molecular weight excluding hydrogens is 739 g/mol. The number of likely N-dealkylation sites (tertiary alicyclic amines) is 1. The second kappa shape index (κ2) is 15.2. The van der Waals surface area contributed by atoms with E-state index in [1.807, 2.05) is 0 Å². The summed E-state index contributed by atoms with van der Waals surface area (Å²) in [6.07, 6.45) is -2.58. The zero-order valence-electron chi connectivity index (χ0n) is 28.8. The second-order valence-electron chi connectivity index (χ2n) is 13.7. The fraction of sp³-hybridized carbons (Fsp3) is 0.361. The minimum atomic E-state index is -3.32. The van der Waals surface area contributed by atoms with E-state index < -0.39 is 71.2 Å². The minimum Gasteiger partial charge on any atom is -0.445 e. The highest BCUT2D eigenvalue weighted by Crippen LogP contribution is 2.39. The molecule has 2 aliphatic rings. The van der Waals surface area contributed by atoms with Gasteiger partial charge in [0.15, 0.2) is 0 Å². The largest absolute Gasteiger partial charge is 0.445 e. The van der Waals surface area contributed by atoms with E-state index in [4.69, 9.17) is 25.6 Å². The molecule has 0 radical (unpaired) electrons. The van der Waals surface area contributed by atoms with Gasteiger partial charge in [0.1, 0.15) is 24.1 Å². The maximum Gasteiger partial charge on any atom is 0.410 e. The Morgan fingerprint density at radius 1 is 1.09 bits per heavy atom. The number of fused-ring (bicyclic) bond motifs is 1. The second-order valence-corrected chi connectivity index (χ2v) is 15.6. The highest BCUT2D eigenvalue weighted by Gasteiger charge is 2.45. The number of anilines is 1. The molecule has 280 valence electrons. The molecule has 1 saturated heterocycles. The summed E-state index contributed by atoms with van der Waals surface area (Å²) in [5, 5.41) is 6.80. The number of carbonyl (C=O) groups excluding carboxylic acids is 3. The summed E-state index contributed by atoms with van der Waals surface area (Å²) < 4.78 is 75.3. The topological polar surface area (TPSA) is 144 Å². The molecule has 0 aliphatic carbocycles. The molecule has 12 nitrogen and oxygen atoms in total. The van der Waals surface area contributed by atoms with Crippen molar-refractivity contribution in [3.63, 3.8) is 0 Å². The molecule has 53 heavy (non-hydrogen) atoms. The molecule has 1 fully saturated rings. The lowest BCUT2D eigenvalue weighted by Gasteiger charge is -2.35. The van der Waals surface area contributed by atoms with E-state index in [1.54, 1.807) is 75.4 Å². The van der Waals surface area contributed by atoms with Crippen molar-refractivity contribution in [3.05, 3.63) is 94.6 Å². The molecule has 6 rings (SSSR count). The number of halogens is 4. The van der Waals surface area contributed by atoms with Gasteiger partial charge in [-0.1, -0.05) is 59.2 Å². The van der Waals surface area contributed by atoms with Crippen LogP contribution >= 0.6 is 11.6 Å². The Bertz CT molecular complexity index is 2030. The standard InChI is InChI=1S/C36H35ClF3N5O7S/c1-35(2,3)51-33(47)41-27-19-53(49)29-14-26(38)25(13-28(29)45(32(27)46)16-21-9-11-24(37)12-10-21)30-42-31(52-43-30)23-15-36(39,40)20-44(17-23)34(48)50-18-22-7-5-4-6-8-22/h4-14,23,27H,15-20H2,1-3H3,(H,41,47)/t23?,27-,53?/m0/s1. The van der Waals surface area contributed by atoms with Crippen LogP contribution in [0.4, 0.5) is 28.4 Å². The molecule has 4 aromatic rings. The third kappa shape index (κ3) is 9.16. The lowest BCUT2D eigenvalue weighted by Crippen LogP contribution is -2.51. The number of hydrogen-bond acceptors (Lipinski definition) is 9. The van der Waals surface area contributed by atoms with Gasteiger partial charge in [0, 0.05) is 18.0 Å². The van der Waals surface area contributed by atoms with Crippen LogP contribution in [-0.2, 0) is 38.2 Å². The van der Waals surface area contributed by atoms with Crippen molar-refractivity contribution < 1.29 is 45.8 Å². The van der Waals surface area contributed by atoms with Crippen LogP contribution in [0, 0.1) is 5.82 Å². The summed E-state index contributed by atoms with van der Waals surface area (Å²) in [6.45, 7) is 3.62. The van der Waals surface area contributed by atoms with Gasteiger partial charge in [0.25, 0.3) is 11.8 Å². The molecular formula is C36H35ClF3N5O7S. The van der Waals surface area contributed by atoms with E-state index in [-0.39, 0.29) is 53.3 Å². The van der Waals surface area contributed by atoms with Gasteiger partial charge < -0.3 is 29.1 Å². The van der Waals surface area contributed by atoms with Crippen molar-refractivity contribution in [2.45, 2.75) is 68.7 Å². The number of alkyl halides is 2. The van der Waals surface area contributed by atoms with Crippen molar-refractivity contribution >= 4 is 46.2 Å². The normalized spacial score (nSPS) is 20.0. The Morgan fingerprint density at radius 2 is 1.81 bits per heavy atom. The lowest BCUT2D eigenvalue weighted by molar-refractivity contribution is -0.120. The van der Waals surface area contributed by atoms with E-state index in [9.17, 15) is 27.4 Å². The number of rotatable bonds is 7. The predicted octanol–water partition coefficient (Wildman–Crippen LogP) is 6.84. The van der Waals surface area contributed by atoms with Crippen LogP contribution < -0.4 is 10.2 Å². The van der Waals surface area contributed by atoms with Crippen molar-refractivity contribution in [2.24, 2.45) is 0 Å². The van der Waals surface area contributed by atoms with Crippen molar-refractivity contribution in [1.82, 2.24) is 20.4 Å². The monoisotopic (exact) mass is 773 g/mol. The molecule has 3 atom stereocenters. The maximum atomic E-state index is 15.9. The fourth-order valence-electron chi connectivity index (χ4n) is 5.94. The zero-order chi connectivity index (χ0) is 38.1. The summed E-state index contributed by atoms with van der Waals surface area (Å²) in [6, 6.07) is 16.2. The first kappa shape index (κ1) is 37.8. The number of piperidine rings is 1. The quantitative estimate of drug-likeness (QED) is 0.214. The van der Waals surface area contributed by atoms with Gasteiger partial charge >= 0.3 is 12.2 Å². The number of hydrogen-bond donors (Lipinski definition) is 1. The Balaban J connectivity index is 1.29. The van der Waals surface area contributed by atoms with Crippen LogP contribution in [0.15, 0.2) is 76.1 Å². The molecule has 3 aromatic carbocycles. The average molecular weight is 774 g/mol. The van der Waals surface area contributed by atoms with Gasteiger partial charge in [-0.2, -0.15) is 4.98 Å². The van der Waals surface area contributed by atoms with E-state index in [0.717, 1.165) is 11.0 Å². The average Bonchev–Trinajstić information content (AvgIpc) is 3.56. The summed E-state index contributed by atoms with van der Waals surface area (Å²) in [5.74, 6) is -7.01. The molecule has 17 heteroatoms. The van der Waals surface area contributed by atoms with Crippen molar-refractivity contribution in [3.8, 4) is 11.4 Å². The Labute approximate surface area is 310 Å². The highest BCUT2D eigenvalue weighted by atomic mass is 35.5. The Kier molecular flexibility index (Phi) is 10.8. The van der Waals surface area contributed by atoms with Crippen molar-refractivity contribution in [1.29, 1.82) is 0 Å². The maximum absolute atomic E-state index is 15.9. The molecule has 0 bridgehead atoms. The molecule has 0 spiro atoms. The molecule has 3 amide bonds. The number of ether oxygens (including phenoxy) is 2. The molecule has 0 saturated carbocycles. The number of carbonyl (C=O) groups is 3. The molecule has 2 unspecified atom stereocenters. The number of nitrogens with zero attached hydrogens (tertiary/aromatic N) is 4. The SMILES string of the molecule is CC(C)(C)OC(=O)N[C@H]1CS(=O)c2cc(F)c(-c3noc(C4CN(C(=O)OCc5ccccc5)CC(F)(F)C4)n3)cc2N(Cc2ccc(Cl)cc2)C1=O. The van der Waals surface area contributed by atoms with E-state index in [2.05, 4.69) is 15.5 Å². The van der Waals surface area contributed by atoms with Crippen molar-refractivity contribution in [2.75, 3.05) is 23.7 Å². The van der Waals surface area contributed by atoms with Crippen LogP contribution in [0.25, 0.3) is 11.4 Å². The first-order chi connectivity index (χ1) is 25.0. The molecule has 1 aromatic heterocycles. The summed E-state index contributed by atoms with van der Waals surface area (Å²) in [4.78, 5) is 45.9. The van der Waals surface area contributed by atoms with Gasteiger partial charge in [-0.05, 0) is 56.2 Å². The van der Waals surface area contributed by atoms with Gasteiger partial charge in [-0.3, -0.25) is 9.00 Å². The van der Waals surface area contributed by atoms with E-state index in [0.29, 0.717) is 16.1 Å². The fourth-order valence-corrected chi connectivity index (χ4v) is 7.41. The van der Waals surface area contributed by atoms with Crippen LogP contribution in [0.1, 0.15) is 50.1 Å². The van der Waals surface area contributed by atoms with Crippen LogP contribution in [0.3, 0.4) is 0 Å². The lowest BCUT2D eigenvalue weighted by atomic mass is 9.95. The predicted molar refractivity (Wildman–Crippen MR) is 187 cm³/mol. The summed E-state index contributed by atoms with van der Waals surface area (Å²) in [7, 11) is -2.00. The number of aromatic nitrogens is 2. The first-order valence-electron chi connectivity index (χ1n) is 16.5.